The fourth-order valence-electron chi connectivity index (χ4n) is 2.47. The van der Waals surface area contributed by atoms with Gasteiger partial charge in [0.25, 0.3) is 0 Å². The maximum absolute atomic E-state index is 9.54. The van der Waals surface area contributed by atoms with Crippen LogP contribution in [0.15, 0.2) is 18.3 Å². The van der Waals surface area contributed by atoms with Crippen molar-refractivity contribution in [2.45, 2.75) is 32.1 Å². The number of aryl methyl sites for hydroxylation is 1. The summed E-state index contributed by atoms with van der Waals surface area (Å²) in [7, 11) is 0. The molecule has 1 aromatic rings. The van der Waals surface area contributed by atoms with Crippen LogP contribution in [-0.4, -0.2) is 29.5 Å². The number of hydrogen-bond acceptors (Lipinski definition) is 3. The zero-order chi connectivity index (χ0) is 12.3. The molecule has 0 amide bonds. The van der Waals surface area contributed by atoms with Gasteiger partial charge in [-0.05, 0) is 44.0 Å². The summed E-state index contributed by atoms with van der Waals surface area (Å²) >= 11 is 0. The van der Waals surface area contributed by atoms with Gasteiger partial charge in [0.2, 0.25) is 0 Å². The minimum absolute atomic E-state index is 0.363. The van der Waals surface area contributed by atoms with Gasteiger partial charge in [-0.3, -0.25) is 4.98 Å². The van der Waals surface area contributed by atoms with Crippen LogP contribution in [-0.2, 0) is 5.41 Å². The van der Waals surface area contributed by atoms with E-state index >= 15 is 0 Å². The molecule has 17 heavy (non-hydrogen) atoms. The molecule has 0 aromatic carbocycles. The van der Waals surface area contributed by atoms with Crippen molar-refractivity contribution in [3.8, 4) is 6.07 Å². The number of pyridine rings is 1. The summed E-state index contributed by atoms with van der Waals surface area (Å²) in [6.45, 7) is 7.30. The first kappa shape index (κ1) is 12.1. The Morgan fingerprint density at radius 1 is 1.47 bits per heavy atom. The van der Waals surface area contributed by atoms with Crippen LogP contribution in [0, 0.1) is 18.3 Å². The summed E-state index contributed by atoms with van der Waals surface area (Å²) < 4.78 is 0. The number of rotatable bonds is 2. The summed E-state index contributed by atoms with van der Waals surface area (Å²) in [4.78, 5) is 6.81. The molecule has 2 heterocycles. The fraction of sp³-hybridized carbons (Fsp3) is 0.571. The average molecular weight is 229 g/mol. The quantitative estimate of drug-likeness (QED) is 0.781. The Morgan fingerprint density at radius 3 is 2.71 bits per heavy atom. The maximum Gasteiger partial charge on any atom is 0.102 e. The summed E-state index contributed by atoms with van der Waals surface area (Å²) in [6.07, 6.45) is 3.61. The van der Waals surface area contributed by atoms with E-state index < -0.39 is 0 Å². The molecule has 2 rings (SSSR count). The molecule has 1 aromatic heterocycles. The smallest absolute Gasteiger partial charge is 0.102 e. The molecule has 0 spiro atoms. The van der Waals surface area contributed by atoms with Gasteiger partial charge in [-0.2, -0.15) is 5.26 Å². The standard InChI is InChI=1S/C14H19N3/c1-3-17-8-5-14(11-15,6-9-17)13-10-12(2)4-7-16-13/h4,7,10H,3,5-6,8-9H2,1-2H3. The van der Waals surface area contributed by atoms with Gasteiger partial charge in [-0.15, -0.1) is 0 Å². The molecular formula is C14H19N3. The lowest BCUT2D eigenvalue weighted by Gasteiger charge is -2.36. The van der Waals surface area contributed by atoms with E-state index in [9.17, 15) is 5.26 Å². The van der Waals surface area contributed by atoms with Crippen molar-refractivity contribution in [1.29, 1.82) is 5.26 Å². The monoisotopic (exact) mass is 229 g/mol. The van der Waals surface area contributed by atoms with Crippen LogP contribution in [0.5, 0.6) is 0 Å². The second kappa shape index (κ2) is 4.85. The molecule has 0 radical (unpaired) electrons. The molecule has 1 fully saturated rings. The SMILES string of the molecule is CCN1CCC(C#N)(c2cc(C)ccn2)CC1. The molecule has 0 saturated carbocycles. The first-order valence-corrected chi connectivity index (χ1v) is 6.27. The maximum atomic E-state index is 9.54. The fourth-order valence-corrected chi connectivity index (χ4v) is 2.47. The van der Waals surface area contributed by atoms with Crippen LogP contribution >= 0.6 is 0 Å². The molecule has 1 aliphatic rings. The zero-order valence-corrected chi connectivity index (χ0v) is 10.6. The summed E-state index contributed by atoms with van der Waals surface area (Å²) in [5.41, 5.74) is 1.77. The van der Waals surface area contributed by atoms with Gasteiger partial charge >= 0.3 is 0 Å². The van der Waals surface area contributed by atoms with Gasteiger partial charge in [0, 0.05) is 19.3 Å². The van der Waals surface area contributed by atoms with E-state index in [1.165, 1.54) is 5.56 Å². The highest BCUT2D eigenvalue weighted by Crippen LogP contribution is 2.33. The van der Waals surface area contributed by atoms with Crippen molar-refractivity contribution in [1.82, 2.24) is 9.88 Å². The molecule has 0 bridgehead atoms. The lowest BCUT2D eigenvalue weighted by atomic mass is 9.76. The van der Waals surface area contributed by atoms with Crippen LogP contribution < -0.4 is 0 Å². The predicted molar refractivity (Wildman–Crippen MR) is 67.6 cm³/mol. The molecule has 1 saturated heterocycles. The third kappa shape index (κ3) is 2.32. The highest BCUT2D eigenvalue weighted by Gasteiger charge is 2.37. The summed E-state index contributed by atoms with van der Waals surface area (Å²) in [5.74, 6) is 0. The molecule has 0 N–H and O–H groups in total. The third-order valence-electron chi connectivity index (χ3n) is 3.78. The Kier molecular flexibility index (Phi) is 3.44. The molecule has 0 unspecified atom stereocenters. The Balaban J connectivity index is 2.25. The molecule has 0 atom stereocenters. The molecule has 0 aliphatic carbocycles. The highest BCUT2D eigenvalue weighted by atomic mass is 15.1. The number of aromatic nitrogens is 1. The van der Waals surface area contributed by atoms with Crippen molar-refractivity contribution in [2.75, 3.05) is 19.6 Å². The normalized spacial score (nSPS) is 19.8. The van der Waals surface area contributed by atoms with E-state index in [2.05, 4.69) is 35.9 Å². The lowest BCUT2D eigenvalue weighted by molar-refractivity contribution is 0.192. The van der Waals surface area contributed by atoms with Crippen molar-refractivity contribution >= 4 is 0 Å². The van der Waals surface area contributed by atoms with E-state index in [0.717, 1.165) is 38.2 Å². The minimum atomic E-state index is -0.363. The Labute approximate surface area is 103 Å². The van der Waals surface area contributed by atoms with Gasteiger partial charge in [-0.1, -0.05) is 6.92 Å². The Hall–Kier alpha value is -1.40. The van der Waals surface area contributed by atoms with Crippen molar-refractivity contribution in [3.63, 3.8) is 0 Å². The van der Waals surface area contributed by atoms with Gasteiger partial charge in [0.05, 0.1) is 11.8 Å². The van der Waals surface area contributed by atoms with Gasteiger partial charge < -0.3 is 4.90 Å². The molecular weight excluding hydrogens is 210 g/mol. The lowest BCUT2D eigenvalue weighted by Crippen LogP contribution is -2.42. The third-order valence-corrected chi connectivity index (χ3v) is 3.78. The van der Waals surface area contributed by atoms with E-state index in [4.69, 9.17) is 0 Å². The summed E-state index contributed by atoms with van der Waals surface area (Å²) in [5, 5.41) is 9.54. The molecule has 1 aliphatic heterocycles. The van der Waals surface area contributed by atoms with Crippen LogP contribution in [0.25, 0.3) is 0 Å². The predicted octanol–water partition coefficient (Wildman–Crippen LogP) is 2.27. The van der Waals surface area contributed by atoms with Crippen molar-refractivity contribution in [3.05, 3.63) is 29.6 Å². The van der Waals surface area contributed by atoms with E-state index in [1.54, 1.807) is 0 Å². The van der Waals surface area contributed by atoms with Crippen LogP contribution in [0.3, 0.4) is 0 Å². The van der Waals surface area contributed by atoms with Crippen LogP contribution in [0.4, 0.5) is 0 Å². The van der Waals surface area contributed by atoms with E-state index in [-0.39, 0.29) is 5.41 Å². The molecule has 90 valence electrons. The minimum Gasteiger partial charge on any atom is -0.303 e. The first-order chi connectivity index (χ1) is 8.20. The van der Waals surface area contributed by atoms with Gasteiger partial charge in [-0.25, -0.2) is 0 Å². The topological polar surface area (TPSA) is 39.9 Å². The second-order valence-electron chi connectivity index (χ2n) is 4.85. The Morgan fingerprint density at radius 2 is 2.18 bits per heavy atom. The first-order valence-electron chi connectivity index (χ1n) is 6.27. The van der Waals surface area contributed by atoms with Crippen LogP contribution in [0.1, 0.15) is 31.0 Å². The second-order valence-corrected chi connectivity index (χ2v) is 4.85. The number of hydrogen-bond donors (Lipinski definition) is 0. The number of nitriles is 1. The van der Waals surface area contributed by atoms with Crippen LogP contribution in [0.2, 0.25) is 0 Å². The van der Waals surface area contributed by atoms with Gasteiger partial charge in [0.15, 0.2) is 0 Å². The summed E-state index contributed by atoms with van der Waals surface area (Å²) in [6, 6.07) is 6.56. The average Bonchev–Trinajstić information content (AvgIpc) is 2.39. The number of piperidine rings is 1. The number of nitrogens with zero attached hydrogens (tertiary/aromatic N) is 3. The highest BCUT2D eigenvalue weighted by molar-refractivity contribution is 5.30. The largest absolute Gasteiger partial charge is 0.303 e. The van der Waals surface area contributed by atoms with Crippen molar-refractivity contribution in [2.24, 2.45) is 0 Å². The zero-order valence-electron chi connectivity index (χ0n) is 10.6. The molecule has 3 heteroatoms. The van der Waals surface area contributed by atoms with E-state index in [0.29, 0.717) is 0 Å². The van der Waals surface area contributed by atoms with E-state index in [1.807, 2.05) is 12.3 Å². The Bertz CT molecular complexity index is 425. The number of likely N-dealkylation sites (tertiary alicyclic amines) is 1. The van der Waals surface area contributed by atoms with Crippen molar-refractivity contribution < 1.29 is 0 Å². The van der Waals surface area contributed by atoms with Gasteiger partial charge in [0.1, 0.15) is 5.41 Å². The molecule has 3 nitrogen and oxygen atoms in total.